The van der Waals surface area contributed by atoms with Gasteiger partial charge in [-0.15, -0.1) is 0 Å². The predicted molar refractivity (Wildman–Crippen MR) is 76.1 cm³/mol. The molecule has 8 nitrogen and oxygen atoms in total. The highest BCUT2D eigenvalue weighted by atomic mass is 16.8. The molecule has 4 heterocycles. The van der Waals surface area contributed by atoms with Gasteiger partial charge in [-0.3, -0.25) is 9.59 Å². The quantitative estimate of drug-likeness (QED) is 0.689. The van der Waals surface area contributed by atoms with E-state index in [1.165, 1.54) is 13.8 Å². The summed E-state index contributed by atoms with van der Waals surface area (Å²) in [5.41, 5.74) is -0.571. The molecule has 0 N–H and O–H groups in total. The molecular formula is C16H22O8. The van der Waals surface area contributed by atoms with Crippen LogP contribution in [0.25, 0.3) is 0 Å². The summed E-state index contributed by atoms with van der Waals surface area (Å²) in [7, 11) is 0. The zero-order valence-corrected chi connectivity index (χ0v) is 14.0. The maximum Gasteiger partial charge on any atom is 0.305 e. The first-order valence-corrected chi connectivity index (χ1v) is 8.28. The van der Waals surface area contributed by atoms with Gasteiger partial charge in [0.15, 0.2) is 12.1 Å². The molecule has 8 heteroatoms. The second-order valence-corrected chi connectivity index (χ2v) is 7.12. The van der Waals surface area contributed by atoms with E-state index in [1.54, 1.807) is 0 Å². The Kier molecular flexibility index (Phi) is 3.48. The molecule has 0 aromatic carbocycles. The lowest BCUT2D eigenvalue weighted by Gasteiger charge is -2.66. The smallest absolute Gasteiger partial charge is 0.305 e. The average Bonchev–Trinajstić information content (AvgIpc) is 2.92. The van der Waals surface area contributed by atoms with E-state index in [9.17, 15) is 9.59 Å². The first-order chi connectivity index (χ1) is 11.3. The van der Waals surface area contributed by atoms with Crippen LogP contribution in [0.1, 0.15) is 40.0 Å². The van der Waals surface area contributed by atoms with Gasteiger partial charge in [0.25, 0.3) is 0 Å². The molecule has 4 saturated heterocycles. The van der Waals surface area contributed by atoms with Crippen molar-refractivity contribution >= 4 is 11.9 Å². The minimum Gasteiger partial charge on any atom is -0.435 e. The fourth-order valence-corrected chi connectivity index (χ4v) is 4.91. The van der Waals surface area contributed by atoms with Crippen LogP contribution in [0.15, 0.2) is 0 Å². The number of hydrogen-bond donors (Lipinski definition) is 0. The van der Waals surface area contributed by atoms with Crippen LogP contribution < -0.4 is 0 Å². The van der Waals surface area contributed by atoms with Gasteiger partial charge in [0.05, 0.1) is 19.1 Å². The van der Waals surface area contributed by atoms with Crippen LogP contribution >= 0.6 is 0 Å². The molecule has 0 aromatic rings. The van der Waals surface area contributed by atoms with Crippen molar-refractivity contribution in [2.24, 2.45) is 11.3 Å². The average molecular weight is 342 g/mol. The monoisotopic (exact) mass is 342 g/mol. The van der Waals surface area contributed by atoms with Crippen molar-refractivity contribution in [3.8, 4) is 0 Å². The van der Waals surface area contributed by atoms with Gasteiger partial charge in [0, 0.05) is 38.5 Å². The zero-order valence-electron chi connectivity index (χ0n) is 14.0. The van der Waals surface area contributed by atoms with Crippen molar-refractivity contribution < 1.29 is 38.0 Å². The zero-order chi connectivity index (χ0) is 17.2. The second kappa shape index (κ2) is 5.14. The molecule has 134 valence electrons. The van der Waals surface area contributed by atoms with Crippen molar-refractivity contribution in [2.75, 3.05) is 13.2 Å². The van der Waals surface area contributed by atoms with Gasteiger partial charge >= 0.3 is 11.9 Å². The lowest BCUT2D eigenvalue weighted by atomic mass is 9.56. The summed E-state index contributed by atoms with van der Waals surface area (Å²) < 4.78 is 34.7. The van der Waals surface area contributed by atoms with Crippen LogP contribution in [-0.2, 0) is 38.0 Å². The van der Waals surface area contributed by atoms with E-state index in [0.717, 1.165) is 0 Å². The normalized spacial score (nSPS) is 45.2. The Morgan fingerprint density at radius 2 is 1.79 bits per heavy atom. The van der Waals surface area contributed by atoms with E-state index in [0.29, 0.717) is 32.5 Å². The standard InChI is InChI=1S/C16H22O8/c1-9(17)21-13-12-14(3)8-11(22-13)24-15(12,23-10(2)18)4-5-16(14)19-6-7-20-16/h11-13H,4-8H2,1-3H3/t11-,12?,13-,14+,15+/m1/s1. The third kappa shape index (κ3) is 2.06. The van der Waals surface area contributed by atoms with Gasteiger partial charge < -0.3 is 28.4 Å². The summed E-state index contributed by atoms with van der Waals surface area (Å²) >= 11 is 0. The number of carbonyl (C=O) groups excluding carboxylic acids is 2. The fourth-order valence-electron chi connectivity index (χ4n) is 4.91. The number of rotatable bonds is 2. The molecule has 5 fully saturated rings. The summed E-state index contributed by atoms with van der Waals surface area (Å²) in [6.45, 7) is 5.68. The molecule has 0 aromatic heterocycles. The molecule has 5 atom stereocenters. The first kappa shape index (κ1) is 16.3. The predicted octanol–water partition coefficient (Wildman–Crippen LogP) is 1.07. The van der Waals surface area contributed by atoms with Crippen molar-refractivity contribution in [3.63, 3.8) is 0 Å². The van der Waals surface area contributed by atoms with Crippen molar-refractivity contribution in [1.82, 2.24) is 0 Å². The highest BCUT2D eigenvalue weighted by molar-refractivity contribution is 5.67. The molecular weight excluding hydrogens is 320 g/mol. The van der Waals surface area contributed by atoms with E-state index >= 15 is 0 Å². The van der Waals surface area contributed by atoms with Gasteiger partial charge in [0.2, 0.25) is 12.1 Å². The Hall–Kier alpha value is -1.22. The van der Waals surface area contributed by atoms with E-state index in [2.05, 4.69) is 0 Å². The molecule has 1 unspecified atom stereocenters. The molecule has 5 rings (SSSR count). The maximum absolute atomic E-state index is 11.7. The van der Waals surface area contributed by atoms with E-state index in [-0.39, 0.29) is 0 Å². The third-order valence-electron chi connectivity index (χ3n) is 5.67. The van der Waals surface area contributed by atoms with Crippen molar-refractivity contribution in [2.45, 2.75) is 64.2 Å². The van der Waals surface area contributed by atoms with Crippen LogP contribution in [0.2, 0.25) is 0 Å². The molecule has 1 spiro atoms. The van der Waals surface area contributed by atoms with Crippen molar-refractivity contribution in [3.05, 3.63) is 0 Å². The number of hydrogen-bond acceptors (Lipinski definition) is 8. The van der Waals surface area contributed by atoms with Gasteiger partial charge in [-0.2, -0.15) is 0 Å². The fraction of sp³-hybridized carbons (Fsp3) is 0.875. The minimum atomic E-state index is -1.19. The molecule has 1 aliphatic carbocycles. The number of esters is 2. The molecule has 4 aliphatic heterocycles. The Morgan fingerprint density at radius 3 is 2.42 bits per heavy atom. The summed E-state index contributed by atoms with van der Waals surface area (Å²) in [5, 5.41) is 0. The number of fused-ring (bicyclic) bond motifs is 1. The summed E-state index contributed by atoms with van der Waals surface area (Å²) in [6.07, 6.45) is -0.0895. The lowest BCUT2D eigenvalue weighted by molar-refractivity contribution is -0.499. The summed E-state index contributed by atoms with van der Waals surface area (Å²) in [5.74, 6) is -3.44. The Bertz CT molecular complexity index is 570. The van der Waals surface area contributed by atoms with Gasteiger partial charge in [0.1, 0.15) is 0 Å². The highest BCUT2D eigenvalue weighted by Crippen LogP contribution is 2.66. The van der Waals surface area contributed by atoms with E-state index in [4.69, 9.17) is 28.4 Å². The molecule has 24 heavy (non-hydrogen) atoms. The Balaban J connectivity index is 1.79. The molecule has 5 aliphatic rings. The van der Waals surface area contributed by atoms with Crippen LogP contribution in [0.3, 0.4) is 0 Å². The summed E-state index contributed by atoms with van der Waals surface area (Å²) in [6, 6.07) is 0. The molecule has 0 radical (unpaired) electrons. The second-order valence-electron chi connectivity index (χ2n) is 7.12. The van der Waals surface area contributed by atoms with Gasteiger partial charge in [-0.05, 0) is 0 Å². The number of ether oxygens (including phenoxy) is 6. The Morgan fingerprint density at radius 1 is 1.08 bits per heavy atom. The molecule has 1 saturated carbocycles. The minimum absolute atomic E-state index is 0.393. The van der Waals surface area contributed by atoms with Gasteiger partial charge in [-0.25, -0.2) is 0 Å². The first-order valence-electron chi connectivity index (χ1n) is 8.28. The van der Waals surface area contributed by atoms with Crippen LogP contribution in [0.5, 0.6) is 0 Å². The number of carbonyl (C=O) groups is 2. The van der Waals surface area contributed by atoms with Crippen LogP contribution in [0, 0.1) is 11.3 Å². The highest BCUT2D eigenvalue weighted by Gasteiger charge is 2.76. The van der Waals surface area contributed by atoms with Crippen LogP contribution in [0.4, 0.5) is 0 Å². The maximum atomic E-state index is 11.7. The van der Waals surface area contributed by atoms with Gasteiger partial charge in [-0.1, -0.05) is 6.92 Å². The Labute approximate surface area is 139 Å². The third-order valence-corrected chi connectivity index (χ3v) is 5.67. The van der Waals surface area contributed by atoms with Crippen LogP contribution in [-0.4, -0.2) is 49.3 Å². The summed E-state index contributed by atoms with van der Waals surface area (Å²) in [4.78, 5) is 23.3. The molecule has 4 bridgehead atoms. The van der Waals surface area contributed by atoms with Crippen molar-refractivity contribution in [1.29, 1.82) is 0 Å². The van der Waals surface area contributed by atoms with E-state index < -0.39 is 47.4 Å². The van der Waals surface area contributed by atoms with E-state index in [1.807, 2.05) is 6.92 Å². The SMILES string of the molecule is CC(=O)O[C@@H]1O[C@H]2C[C@@]3(C)C1[C@](OC(C)=O)(CCC31OCCO1)O2. The topological polar surface area (TPSA) is 89.5 Å². The molecule has 0 amide bonds. The largest absolute Gasteiger partial charge is 0.435 e. The lowest BCUT2D eigenvalue weighted by Crippen LogP contribution is -2.76.